The van der Waals surface area contributed by atoms with Crippen molar-refractivity contribution in [3.63, 3.8) is 0 Å². The van der Waals surface area contributed by atoms with Crippen LogP contribution < -0.4 is 4.74 Å². The van der Waals surface area contributed by atoms with Gasteiger partial charge in [0.2, 0.25) is 0 Å². The fourth-order valence-electron chi connectivity index (χ4n) is 2.20. The maximum absolute atomic E-state index is 13.2. The zero-order valence-electron chi connectivity index (χ0n) is 13.8. The van der Waals surface area contributed by atoms with Crippen molar-refractivity contribution in [3.8, 4) is 5.75 Å². The highest BCUT2D eigenvalue weighted by Gasteiger charge is 2.44. The summed E-state index contributed by atoms with van der Waals surface area (Å²) in [6.45, 7) is -0.432. The Morgan fingerprint density at radius 1 is 1.38 bits per heavy atom. The number of hydrogen-bond donors (Lipinski definition) is 1. The summed E-state index contributed by atoms with van der Waals surface area (Å²) in [5.41, 5.74) is 0.312. The number of ether oxygens (including phenoxy) is 1. The summed E-state index contributed by atoms with van der Waals surface area (Å²) >= 11 is 0. The molecule has 0 atom stereocenters. The maximum Gasteiger partial charge on any atom is 0.461 e. The molecule has 0 bridgehead atoms. The van der Waals surface area contributed by atoms with E-state index in [9.17, 15) is 27.5 Å². The third kappa shape index (κ3) is 4.51. The van der Waals surface area contributed by atoms with Crippen LogP contribution in [0.1, 0.15) is 16.1 Å². The molecule has 1 N–H and O–H groups in total. The lowest BCUT2D eigenvalue weighted by Crippen LogP contribution is -2.36. The molecule has 2 rings (SSSR count). The highest BCUT2D eigenvalue weighted by atomic mass is 19.3. The van der Waals surface area contributed by atoms with E-state index in [2.05, 4.69) is 9.72 Å². The largest absolute Gasteiger partial charge is 0.461 e. The first kappa shape index (κ1) is 19.7. The molecular weight excluding hydrogens is 358 g/mol. The van der Waals surface area contributed by atoms with Crippen molar-refractivity contribution in [1.29, 1.82) is 0 Å². The second-order valence-electron chi connectivity index (χ2n) is 5.41. The number of benzene rings is 1. The summed E-state index contributed by atoms with van der Waals surface area (Å²) in [5.74, 6) is -1.42. The summed E-state index contributed by atoms with van der Waals surface area (Å²) in [7, 11) is 1.70. The maximum atomic E-state index is 13.2. The number of aryl methyl sites for hydroxylation is 1. The molecule has 10 heteroatoms. The summed E-state index contributed by atoms with van der Waals surface area (Å²) in [4.78, 5) is 17.8. The monoisotopic (exact) mass is 375 g/mol. The van der Waals surface area contributed by atoms with Crippen LogP contribution >= 0.6 is 0 Å². The third-order valence-corrected chi connectivity index (χ3v) is 3.54. The van der Waals surface area contributed by atoms with E-state index in [0.717, 1.165) is 6.07 Å². The van der Waals surface area contributed by atoms with Gasteiger partial charge in [-0.15, -0.1) is 0 Å². The zero-order chi connectivity index (χ0) is 19.3. The van der Waals surface area contributed by atoms with Crippen molar-refractivity contribution in [1.82, 2.24) is 14.5 Å². The molecule has 0 saturated heterocycles. The standard InChI is InChI=1S/C16H17F4N3O3/c1-22-10-21-8-11(22)9-23(6-7-24)14(25)12-4-2-3-5-13(12)26-16(19,20)15(17)18/h2-5,8,10,15,24H,6-7,9H2,1H3. The third-order valence-electron chi connectivity index (χ3n) is 3.54. The van der Waals surface area contributed by atoms with Crippen LogP contribution in [0.15, 0.2) is 36.8 Å². The van der Waals surface area contributed by atoms with Gasteiger partial charge in [-0.2, -0.15) is 17.6 Å². The number of hydrogen-bond acceptors (Lipinski definition) is 4. The summed E-state index contributed by atoms with van der Waals surface area (Å²) in [5, 5.41) is 9.19. The number of rotatable bonds is 8. The molecule has 0 aliphatic heterocycles. The van der Waals surface area contributed by atoms with Crippen molar-refractivity contribution < 1.29 is 32.2 Å². The molecule has 0 fully saturated rings. The van der Waals surface area contributed by atoms with Crippen molar-refractivity contribution in [2.45, 2.75) is 19.1 Å². The van der Waals surface area contributed by atoms with Gasteiger partial charge in [0.15, 0.2) is 0 Å². The van der Waals surface area contributed by atoms with E-state index in [1.54, 1.807) is 11.6 Å². The van der Waals surface area contributed by atoms with Gasteiger partial charge in [0.25, 0.3) is 5.91 Å². The molecule has 6 nitrogen and oxygen atoms in total. The Balaban J connectivity index is 2.30. The van der Waals surface area contributed by atoms with E-state index in [-0.39, 0.29) is 25.3 Å². The highest BCUT2D eigenvalue weighted by Crippen LogP contribution is 2.30. The molecular formula is C16H17F4N3O3. The van der Waals surface area contributed by atoms with Crippen molar-refractivity contribution in [2.24, 2.45) is 7.05 Å². The fraction of sp³-hybridized carbons (Fsp3) is 0.375. The number of aliphatic hydroxyl groups is 1. The highest BCUT2D eigenvalue weighted by molar-refractivity contribution is 5.96. The van der Waals surface area contributed by atoms with Crippen LogP contribution in [0.5, 0.6) is 5.75 Å². The molecule has 2 aromatic rings. The number of alkyl halides is 4. The number of carbonyl (C=O) groups is 1. The molecule has 0 unspecified atom stereocenters. The lowest BCUT2D eigenvalue weighted by Gasteiger charge is -2.24. The lowest BCUT2D eigenvalue weighted by atomic mass is 10.1. The summed E-state index contributed by atoms with van der Waals surface area (Å²) in [6, 6.07) is 4.87. The van der Waals surface area contributed by atoms with Gasteiger partial charge >= 0.3 is 12.5 Å². The molecule has 1 amide bonds. The van der Waals surface area contributed by atoms with Gasteiger partial charge in [-0.25, -0.2) is 4.98 Å². The Morgan fingerprint density at radius 2 is 2.08 bits per heavy atom. The van der Waals surface area contributed by atoms with Gasteiger partial charge in [0, 0.05) is 19.8 Å². The van der Waals surface area contributed by atoms with Crippen molar-refractivity contribution in [2.75, 3.05) is 13.2 Å². The number of amides is 1. The minimum absolute atomic E-state index is 0.0372. The normalized spacial score (nSPS) is 11.7. The van der Waals surface area contributed by atoms with Gasteiger partial charge in [-0.05, 0) is 12.1 Å². The fourth-order valence-corrected chi connectivity index (χ4v) is 2.20. The van der Waals surface area contributed by atoms with E-state index in [4.69, 9.17) is 0 Å². The van der Waals surface area contributed by atoms with Gasteiger partial charge in [0.1, 0.15) is 5.75 Å². The average molecular weight is 375 g/mol. The number of halogens is 4. The predicted molar refractivity (Wildman–Crippen MR) is 83.1 cm³/mol. The van der Waals surface area contributed by atoms with Crippen LogP contribution in [0.2, 0.25) is 0 Å². The Morgan fingerprint density at radius 3 is 2.65 bits per heavy atom. The van der Waals surface area contributed by atoms with Gasteiger partial charge in [-0.3, -0.25) is 4.79 Å². The van der Waals surface area contributed by atoms with E-state index >= 15 is 0 Å². The number of aromatic nitrogens is 2. The second kappa shape index (κ2) is 8.17. The minimum Gasteiger partial charge on any atom is -0.427 e. The first-order valence-corrected chi connectivity index (χ1v) is 7.55. The van der Waals surface area contributed by atoms with Crippen LogP contribution in [-0.4, -0.2) is 51.2 Å². The predicted octanol–water partition coefficient (Wildman–Crippen LogP) is 2.29. The molecule has 1 aromatic carbocycles. The SMILES string of the molecule is Cn1cncc1CN(CCO)C(=O)c1ccccc1OC(F)(F)C(F)F. The molecule has 0 spiro atoms. The Hall–Kier alpha value is -2.62. The minimum atomic E-state index is -4.74. The summed E-state index contributed by atoms with van der Waals surface area (Å²) in [6.07, 6.45) is -5.77. The van der Waals surface area contributed by atoms with E-state index < -0.39 is 24.2 Å². The summed E-state index contributed by atoms with van der Waals surface area (Å²) < 4.78 is 57.0. The average Bonchev–Trinajstić information content (AvgIpc) is 2.99. The first-order valence-electron chi connectivity index (χ1n) is 7.55. The van der Waals surface area contributed by atoms with Crippen LogP contribution in [0.4, 0.5) is 17.6 Å². The molecule has 0 radical (unpaired) electrons. The molecule has 142 valence electrons. The van der Waals surface area contributed by atoms with Crippen molar-refractivity contribution >= 4 is 5.91 Å². The quantitative estimate of drug-likeness (QED) is 0.719. The van der Waals surface area contributed by atoms with Crippen LogP contribution in [-0.2, 0) is 13.6 Å². The van der Waals surface area contributed by atoms with Crippen LogP contribution in [0, 0.1) is 0 Å². The van der Waals surface area contributed by atoms with Crippen molar-refractivity contribution in [3.05, 3.63) is 48.0 Å². The molecule has 26 heavy (non-hydrogen) atoms. The van der Waals surface area contributed by atoms with E-state index in [1.807, 2.05) is 0 Å². The molecule has 1 aromatic heterocycles. The van der Waals surface area contributed by atoms with Gasteiger partial charge in [0.05, 0.1) is 30.7 Å². The Bertz CT molecular complexity index is 752. The number of nitrogens with zero attached hydrogens (tertiary/aromatic N) is 3. The topological polar surface area (TPSA) is 67.6 Å². The first-order chi connectivity index (χ1) is 12.3. The number of aliphatic hydroxyl groups excluding tert-OH is 1. The lowest BCUT2D eigenvalue weighted by molar-refractivity contribution is -0.253. The number of para-hydroxylation sites is 1. The Labute approximate surface area is 146 Å². The second-order valence-corrected chi connectivity index (χ2v) is 5.41. The smallest absolute Gasteiger partial charge is 0.427 e. The molecule has 1 heterocycles. The number of imidazole rings is 1. The van der Waals surface area contributed by atoms with Crippen LogP contribution in [0.3, 0.4) is 0 Å². The molecule has 0 aliphatic carbocycles. The molecule has 0 aliphatic rings. The van der Waals surface area contributed by atoms with Gasteiger partial charge in [-0.1, -0.05) is 12.1 Å². The Kier molecular flexibility index (Phi) is 6.19. The van der Waals surface area contributed by atoms with Crippen LogP contribution in [0.25, 0.3) is 0 Å². The number of carbonyl (C=O) groups excluding carboxylic acids is 1. The van der Waals surface area contributed by atoms with Gasteiger partial charge < -0.3 is 19.3 Å². The van der Waals surface area contributed by atoms with E-state index in [1.165, 1.54) is 35.6 Å². The zero-order valence-corrected chi connectivity index (χ0v) is 13.8. The molecule has 0 saturated carbocycles. The van der Waals surface area contributed by atoms with E-state index in [0.29, 0.717) is 5.69 Å².